The largest absolute Gasteiger partial charge is 0.480 e. The lowest BCUT2D eigenvalue weighted by Gasteiger charge is -2.21. The number of urea groups is 1. The van der Waals surface area contributed by atoms with Crippen LogP contribution in [0.4, 0.5) is 18.0 Å². The van der Waals surface area contributed by atoms with Gasteiger partial charge in [0, 0.05) is 13.6 Å². The topological polar surface area (TPSA) is 69.6 Å². The Kier molecular flexibility index (Phi) is 6.41. The van der Waals surface area contributed by atoms with E-state index in [-0.39, 0.29) is 13.0 Å². The number of aliphatic carboxylic acids is 1. The first-order valence-electron chi connectivity index (χ1n) is 7.05. The third kappa shape index (κ3) is 5.80. The van der Waals surface area contributed by atoms with Crippen molar-refractivity contribution in [1.82, 2.24) is 10.2 Å². The Balaban J connectivity index is 2.73. The summed E-state index contributed by atoms with van der Waals surface area (Å²) in [6.07, 6.45) is -3.60. The van der Waals surface area contributed by atoms with Gasteiger partial charge in [-0.3, -0.25) is 0 Å². The van der Waals surface area contributed by atoms with Gasteiger partial charge in [0.05, 0.1) is 5.56 Å². The summed E-state index contributed by atoms with van der Waals surface area (Å²) in [5.41, 5.74) is -0.488. The molecule has 2 N–H and O–H groups in total. The minimum Gasteiger partial charge on any atom is -0.480 e. The molecule has 0 saturated heterocycles. The zero-order chi connectivity index (χ0) is 17.6. The van der Waals surface area contributed by atoms with Crippen molar-refractivity contribution in [3.8, 4) is 0 Å². The number of rotatable bonds is 6. The molecule has 1 unspecified atom stereocenters. The summed E-state index contributed by atoms with van der Waals surface area (Å²) in [5, 5.41) is 11.3. The third-order valence-corrected chi connectivity index (χ3v) is 3.19. The number of carboxylic acid groups (broad SMARTS) is 1. The second-order valence-electron chi connectivity index (χ2n) is 5.18. The Labute approximate surface area is 132 Å². The molecule has 1 rings (SSSR count). The zero-order valence-electron chi connectivity index (χ0n) is 12.9. The van der Waals surface area contributed by atoms with Gasteiger partial charge in [-0.05, 0) is 24.1 Å². The van der Waals surface area contributed by atoms with Crippen LogP contribution >= 0.6 is 0 Å². The van der Waals surface area contributed by atoms with Gasteiger partial charge in [0.25, 0.3) is 0 Å². The van der Waals surface area contributed by atoms with Crippen LogP contribution in [-0.4, -0.2) is 35.1 Å². The van der Waals surface area contributed by atoms with E-state index < -0.39 is 29.8 Å². The van der Waals surface area contributed by atoms with Crippen molar-refractivity contribution in [2.24, 2.45) is 0 Å². The first-order valence-corrected chi connectivity index (χ1v) is 7.05. The van der Waals surface area contributed by atoms with E-state index in [0.717, 1.165) is 17.0 Å². The van der Waals surface area contributed by atoms with Crippen molar-refractivity contribution < 1.29 is 27.9 Å². The number of alkyl halides is 3. The number of nitrogens with zero attached hydrogens (tertiary/aromatic N) is 1. The summed E-state index contributed by atoms with van der Waals surface area (Å²) >= 11 is 0. The summed E-state index contributed by atoms with van der Waals surface area (Å²) in [4.78, 5) is 24.1. The Hall–Kier alpha value is -2.25. The lowest BCUT2D eigenvalue weighted by Crippen LogP contribution is -2.46. The molecular formula is C15H19F3N2O3. The minimum absolute atomic E-state index is 0.0613. The summed E-state index contributed by atoms with van der Waals surface area (Å²) in [6.45, 7) is 1.72. The number of carbonyl (C=O) groups excluding carboxylic acids is 1. The molecule has 0 aliphatic heterocycles. The molecule has 0 fully saturated rings. The third-order valence-electron chi connectivity index (χ3n) is 3.19. The summed E-state index contributed by atoms with van der Waals surface area (Å²) < 4.78 is 38.0. The molecule has 2 amide bonds. The number of nitrogens with one attached hydrogen (secondary N) is 1. The van der Waals surface area contributed by atoms with Crippen LogP contribution in [0.5, 0.6) is 0 Å². The van der Waals surface area contributed by atoms with Gasteiger partial charge >= 0.3 is 18.2 Å². The molecule has 8 heteroatoms. The molecule has 0 saturated carbocycles. The van der Waals surface area contributed by atoms with Crippen molar-refractivity contribution in [3.63, 3.8) is 0 Å². The molecule has 0 heterocycles. The maximum atomic E-state index is 12.7. The first-order chi connectivity index (χ1) is 10.6. The molecule has 0 bridgehead atoms. The Morgan fingerprint density at radius 3 is 2.52 bits per heavy atom. The van der Waals surface area contributed by atoms with Crippen LogP contribution < -0.4 is 5.32 Å². The molecule has 0 aromatic heterocycles. The fourth-order valence-corrected chi connectivity index (χ4v) is 2.00. The van der Waals surface area contributed by atoms with Crippen molar-refractivity contribution in [1.29, 1.82) is 0 Å². The van der Waals surface area contributed by atoms with Gasteiger partial charge < -0.3 is 15.3 Å². The van der Waals surface area contributed by atoms with E-state index in [0.29, 0.717) is 12.0 Å². The molecular weight excluding hydrogens is 313 g/mol. The van der Waals surface area contributed by atoms with Gasteiger partial charge in [-0.25, -0.2) is 9.59 Å². The van der Waals surface area contributed by atoms with Gasteiger partial charge in [0.2, 0.25) is 0 Å². The van der Waals surface area contributed by atoms with E-state index in [4.69, 9.17) is 5.11 Å². The van der Waals surface area contributed by atoms with Crippen molar-refractivity contribution in [3.05, 3.63) is 35.4 Å². The predicted molar refractivity (Wildman–Crippen MR) is 77.8 cm³/mol. The summed E-state index contributed by atoms with van der Waals surface area (Å²) in [5.74, 6) is -1.15. The minimum atomic E-state index is -4.45. The molecule has 23 heavy (non-hydrogen) atoms. The Morgan fingerprint density at radius 2 is 2.00 bits per heavy atom. The van der Waals surface area contributed by atoms with Crippen LogP contribution in [0.1, 0.15) is 30.9 Å². The van der Waals surface area contributed by atoms with Gasteiger partial charge in [0.1, 0.15) is 6.04 Å². The highest BCUT2D eigenvalue weighted by Gasteiger charge is 2.30. The van der Waals surface area contributed by atoms with Crippen LogP contribution in [0.15, 0.2) is 24.3 Å². The SMILES string of the molecule is CCCC(NC(=O)N(C)Cc1cccc(C(F)(F)F)c1)C(=O)O. The fraction of sp³-hybridized carbons (Fsp3) is 0.467. The number of carbonyl (C=O) groups is 2. The number of hydrogen-bond acceptors (Lipinski definition) is 2. The van der Waals surface area contributed by atoms with E-state index in [2.05, 4.69) is 5.32 Å². The average molecular weight is 332 g/mol. The van der Waals surface area contributed by atoms with Gasteiger partial charge in [-0.2, -0.15) is 13.2 Å². The van der Waals surface area contributed by atoms with Gasteiger partial charge in [0.15, 0.2) is 0 Å². The highest BCUT2D eigenvalue weighted by Crippen LogP contribution is 2.29. The quantitative estimate of drug-likeness (QED) is 0.841. The Morgan fingerprint density at radius 1 is 1.35 bits per heavy atom. The zero-order valence-corrected chi connectivity index (χ0v) is 12.9. The molecule has 1 aromatic rings. The van der Waals surface area contributed by atoms with Crippen LogP contribution in [0, 0.1) is 0 Å². The molecule has 0 spiro atoms. The normalized spacial score (nSPS) is 12.6. The smallest absolute Gasteiger partial charge is 0.416 e. The number of benzene rings is 1. The molecule has 0 aliphatic carbocycles. The summed E-state index contributed by atoms with van der Waals surface area (Å²) in [6, 6.07) is 2.98. The first kappa shape index (κ1) is 18.8. The predicted octanol–water partition coefficient (Wildman–Crippen LogP) is 3.10. The number of amides is 2. The molecule has 0 radical (unpaired) electrons. The van der Waals surface area contributed by atoms with Crippen molar-refractivity contribution in [2.45, 2.75) is 38.5 Å². The van der Waals surface area contributed by atoms with Crippen LogP contribution in [0.25, 0.3) is 0 Å². The molecule has 1 atom stereocenters. The average Bonchev–Trinajstić information content (AvgIpc) is 2.45. The van der Waals surface area contributed by atoms with Crippen molar-refractivity contribution >= 4 is 12.0 Å². The van der Waals surface area contributed by atoms with Gasteiger partial charge in [-0.1, -0.05) is 25.5 Å². The fourth-order valence-electron chi connectivity index (χ4n) is 2.00. The van der Waals surface area contributed by atoms with Crippen LogP contribution in [0.3, 0.4) is 0 Å². The van der Waals surface area contributed by atoms with E-state index in [1.54, 1.807) is 6.92 Å². The van der Waals surface area contributed by atoms with E-state index in [9.17, 15) is 22.8 Å². The summed E-state index contributed by atoms with van der Waals surface area (Å²) in [7, 11) is 1.39. The number of hydrogen-bond donors (Lipinski definition) is 2. The van der Waals surface area contributed by atoms with Crippen LogP contribution in [0.2, 0.25) is 0 Å². The lowest BCUT2D eigenvalue weighted by molar-refractivity contribution is -0.139. The Bertz CT molecular complexity index is 561. The maximum Gasteiger partial charge on any atom is 0.416 e. The molecule has 1 aromatic carbocycles. The van der Waals surface area contributed by atoms with Crippen molar-refractivity contribution in [2.75, 3.05) is 7.05 Å². The number of carboxylic acids is 1. The number of halogens is 3. The lowest BCUT2D eigenvalue weighted by atomic mass is 10.1. The monoisotopic (exact) mass is 332 g/mol. The molecule has 0 aliphatic rings. The highest BCUT2D eigenvalue weighted by atomic mass is 19.4. The highest BCUT2D eigenvalue weighted by molar-refractivity contribution is 5.82. The second kappa shape index (κ2) is 7.85. The van der Waals surface area contributed by atoms with E-state index >= 15 is 0 Å². The molecule has 128 valence electrons. The van der Waals surface area contributed by atoms with E-state index in [1.165, 1.54) is 19.2 Å². The maximum absolute atomic E-state index is 12.7. The van der Waals surface area contributed by atoms with E-state index in [1.807, 2.05) is 0 Å². The standard InChI is InChI=1S/C15H19F3N2O3/c1-3-5-12(13(21)22)19-14(23)20(2)9-10-6-4-7-11(8-10)15(16,17)18/h4,6-8,12H,3,5,9H2,1-2H3,(H,19,23)(H,21,22). The molecule has 5 nitrogen and oxygen atoms in total. The van der Waals surface area contributed by atoms with Gasteiger partial charge in [-0.15, -0.1) is 0 Å². The van der Waals surface area contributed by atoms with Crippen LogP contribution in [-0.2, 0) is 17.5 Å². The second-order valence-corrected chi connectivity index (χ2v) is 5.18.